The van der Waals surface area contributed by atoms with E-state index < -0.39 is 11.0 Å². The fourth-order valence-electron chi connectivity index (χ4n) is 3.97. The van der Waals surface area contributed by atoms with Crippen LogP contribution in [0.5, 0.6) is 0 Å². The van der Waals surface area contributed by atoms with Gasteiger partial charge in [0.15, 0.2) is 0 Å². The van der Waals surface area contributed by atoms with Gasteiger partial charge in [0.25, 0.3) is 0 Å². The molecule has 1 N–H and O–H groups in total. The first-order valence-corrected chi connectivity index (χ1v) is 10.1. The van der Waals surface area contributed by atoms with Crippen LogP contribution in [0.4, 0.5) is 4.79 Å². The van der Waals surface area contributed by atoms with E-state index in [2.05, 4.69) is 17.1 Å². The molecule has 0 saturated carbocycles. The zero-order chi connectivity index (χ0) is 19.4. The highest BCUT2D eigenvalue weighted by Gasteiger charge is 2.43. The minimum atomic E-state index is -0.525. The number of piperidine rings is 1. The van der Waals surface area contributed by atoms with E-state index in [1.165, 1.54) is 25.7 Å². The first-order valence-electron chi connectivity index (χ1n) is 10.1. The van der Waals surface area contributed by atoms with Gasteiger partial charge in [0, 0.05) is 32.2 Å². The second-order valence-corrected chi connectivity index (χ2v) is 9.06. The van der Waals surface area contributed by atoms with Crippen LogP contribution < -0.4 is 5.32 Å². The smallest absolute Gasteiger partial charge is 0.410 e. The van der Waals surface area contributed by atoms with Crippen molar-refractivity contribution in [2.24, 2.45) is 5.41 Å². The van der Waals surface area contributed by atoms with Gasteiger partial charge < -0.3 is 15.0 Å². The number of likely N-dealkylation sites (tertiary alicyclic amines) is 2. The van der Waals surface area contributed by atoms with Crippen LogP contribution in [0.15, 0.2) is 0 Å². The third-order valence-electron chi connectivity index (χ3n) is 5.58. The third kappa shape index (κ3) is 5.60. The number of amides is 2. The number of carbonyl (C=O) groups excluding carboxylic acids is 2. The Balaban J connectivity index is 1.79. The molecule has 6 nitrogen and oxygen atoms in total. The highest BCUT2D eigenvalue weighted by molar-refractivity contribution is 5.84. The first kappa shape index (κ1) is 21.0. The van der Waals surface area contributed by atoms with E-state index in [9.17, 15) is 9.59 Å². The minimum Gasteiger partial charge on any atom is -0.444 e. The molecule has 0 radical (unpaired) electrons. The number of rotatable bonds is 5. The lowest BCUT2D eigenvalue weighted by Crippen LogP contribution is -2.47. The molecule has 0 aromatic carbocycles. The Labute approximate surface area is 158 Å². The van der Waals surface area contributed by atoms with Gasteiger partial charge in [-0.3, -0.25) is 9.69 Å². The number of carbonyl (C=O) groups is 2. The summed E-state index contributed by atoms with van der Waals surface area (Å²) in [5, 5.41) is 3.11. The quantitative estimate of drug-likeness (QED) is 0.811. The highest BCUT2D eigenvalue weighted by atomic mass is 16.6. The molecule has 150 valence electrons. The molecule has 2 atom stereocenters. The van der Waals surface area contributed by atoms with Crippen LogP contribution in [0, 0.1) is 5.41 Å². The van der Waals surface area contributed by atoms with Crippen LogP contribution in [-0.2, 0) is 9.53 Å². The monoisotopic (exact) mass is 367 g/mol. The molecule has 2 aliphatic rings. The van der Waals surface area contributed by atoms with Gasteiger partial charge in [0.05, 0.1) is 5.41 Å². The predicted octanol–water partition coefficient (Wildman–Crippen LogP) is 3.01. The van der Waals surface area contributed by atoms with Crippen LogP contribution in [0.2, 0.25) is 0 Å². The Kier molecular flexibility index (Phi) is 6.94. The average molecular weight is 368 g/mol. The Morgan fingerprint density at radius 1 is 1.23 bits per heavy atom. The molecule has 0 aromatic rings. The normalized spacial score (nSPS) is 27.4. The van der Waals surface area contributed by atoms with E-state index in [1.54, 1.807) is 4.90 Å². The van der Waals surface area contributed by atoms with Gasteiger partial charge in [0.1, 0.15) is 5.60 Å². The summed E-state index contributed by atoms with van der Waals surface area (Å²) in [6.07, 6.45) is 5.38. The van der Waals surface area contributed by atoms with Gasteiger partial charge in [0.2, 0.25) is 5.91 Å². The molecule has 0 bridgehead atoms. The number of hydrogen-bond donors (Lipinski definition) is 1. The number of nitrogens with one attached hydrogen (secondary N) is 1. The molecule has 0 aliphatic carbocycles. The maximum absolute atomic E-state index is 12.7. The van der Waals surface area contributed by atoms with E-state index in [1.807, 2.05) is 27.7 Å². The zero-order valence-corrected chi connectivity index (χ0v) is 17.3. The standard InChI is InChI=1S/C20H37N3O3/c1-6-16-9-7-8-12-22(16)14-11-21-17(24)20(5)10-13-23(15-20)18(25)26-19(2,3)4/h16H,6-15H2,1-5H3,(H,21,24)/t16-,20+/m1/s1. The van der Waals surface area contributed by atoms with Gasteiger partial charge in [-0.15, -0.1) is 0 Å². The van der Waals surface area contributed by atoms with Gasteiger partial charge >= 0.3 is 6.09 Å². The van der Waals surface area contributed by atoms with Crippen molar-refractivity contribution in [2.45, 2.75) is 78.4 Å². The zero-order valence-electron chi connectivity index (χ0n) is 17.3. The lowest BCUT2D eigenvalue weighted by Gasteiger charge is -2.35. The molecule has 2 heterocycles. The molecule has 2 saturated heterocycles. The average Bonchev–Trinajstić information content (AvgIpc) is 2.97. The minimum absolute atomic E-state index is 0.0496. The van der Waals surface area contributed by atoms with Crippen molar-refractivity contribution >= 4 is 12.0 Å². The molecule has 2 aliphatic heterocycles. The fraction of sp³-hybridized carbons (Fsp3) is 0.900. The SMILES string of the molecule is CC[C@@H]1CCCCN1CCNC(=O)[C@@]1(C)CCN(C(=O)OC(C)(C)C)C1. The Morgan fingerprint density at radius 2 is 1.96 bits per heavy atom. The van der Waals surface area contributed by atoms with Crippen LogP contribution in [0.3, 0.4) is 0 Å². The molecule has 2 rings (SSSR count). The van der Waals surface area contributed by atoms with Gasteiger partial charge in [-0.2, -0.15) is 0 Å². The van der Waals surface area contributed by atoms with E-state index in [4.69, 9.17) is 4.74 Å². The molecule has 2 fully saturated rings. The number of nitrogens with zero attached hydrogens (tertiary/aromatic N) is 2. The Hall–Kier alpha value is -1.30. The highest BCUT2D eigenvalue weighted by Crippen LogP contribution is 2.31. The van der Waals surface area contributed by atoms with Crippen molar-refractivity contribution in [1.29, 1.82) is 0 Å². The van der Waals surface area contributed by atoms with Crippen LogP contribution >= 0.6 is 0 Å². The predicted molar refractivity (Wildman–Crippen MR) is 103 cm³/mol. The topological polar surface area (TPSA) is 61.9 Å². The number of ether oxygens (including phenoxy) is 1. The van der Waals surface area contributed by atoms with Crippen molar-refractivity contribution in [2.75, 3.05) is 32.7 Å². The fourth-order valence-corrected chi connectivity index (χ4v) is 3.97. The summed E-state index contributed by atoms with van der Waals surface area (Å²) in [7, 11) is 0. The molecule has 6 heteroatoms. The van der Waals surface area contributed by atoms with E-state index in [-0.39, 0.29) is 12.0 Å². The largest absolute Gasteiger partial charge is 0.444 e. The van der Waals surface area contributed by atoms with Gasteiger partial charge in [-0.05, 0) is 59.9 Å². The molecule has 26 heavy (non-hydrogen) atoms. The molecule has 2 amide bonds. The van der Waals surface area contributed by atoms with E-state index >= 15 is 0 Å². The summed E-state index contributed by atoms with van der Waals surface area (Å²) in [4.78, 5) is 29.1. The molecule has 0 unspecified atom stereocenters. The Bertz CT molecular complexity index is 503. The molecular formula is C20H37N3O3. The molecule has 0 spiro atoms. The van der Waals surface area contributed by atoms with E-state index in [0.717, 1.165) is 13.1 Å². The summed E-state index contributed by atoms with van der Waals surface area (Å²) >= 11 is 0. The second kappa shape index (κ2) is 8.59. The summed E-state index contributed by atoms with van der Waals surface area (Å²) in [6, 6.07) is 0.658. The Morgan fingerprint density at radius 3 is 2.62 bits per heavy atom. The second-order valence-electron chi connectivity index (χ2n) is 9.06. The van der Waals surface area contributed by atoms with E-state index in [0.29, 0.717) is 32.1 Å². The van der Waals surface area contributed by atoms with Crippen molar-refractivity contribution in [3.8, 4) is 0 Å². The first-order chi connectivity index (χ1) is 12.1. The maximum Gasteiger partial charge on any atom is 0.410 e. The lowest BCUT2D eigenvalue weighted by molar-refractivity contribution is -0.129. The van der Waals surface area contributed by atoms with Crippen molar-refractivity contribution in [3.63, 3.8) is 0 Å². The summed E-state index contributed by atoms with van der Waals surface area (Å²) < 4.78 is 5.43. The molecule has 0 aromatic heterocycles. The van der Waals surface area contributed by atoms with Crippen molar-refractivity contribution in [1.82, 2.24) is 15.1 Å². The number of hydrogen-bond acceptors (Lipinski definition) is 4. The summed E-state index contributed by atoms with van der Waals surface area (Å²) in [6.45, 7) is 13.5. The summed E-state index contributed by atoms with van der Waals surface area (Å²) in [5.41, 5.74) is -1.04. The third-order valence-corrected chi connectivity index (χ3v) is 5.58. The van der Waals surface area contributed by atoms with Crippen LogP contribution in [-0.4, -0.2) is 66.2 Å². The lowest BCUT2D eigenvalue weighted by atomic mass is 9.89. The van der Waals surface area contributed by atoms with Crippen molar-refractivity contribution < 1.29 is 14.3 Å². The van der Waals surface area contributed by atoms with Gasteiger partial charge in [-0.1, -0.05) is 13.3 Å². The molecular weight excluding hydrogens is 330 g/mol. The summed E-state index contributed by atoms with van der Waals surface area (Å²) in [5.74, 6) is 0.0496. The van der Waals surface area contributed by atoms with Gasteiger partial charge in [-0.25, -0.2) is 4.79 Å². The van der Waals surface area contributed by atoms with Crippen LogP contribution in [0.25, 0.3) is 0 Å². The van der Waals surface area contributed by atoms with Crippen molar-refractivity contribution in [3.05, 3.63) is 0 Å². The maximum atomic E-state index is 12.7. The van der Waals surface area contributed by atoms with Crippen LogP contribution in [0.1, 0.15) is 66.7 Å².